The third kappa shape index (κ3) is 4.95. The highest BCUT2D eigenvalue weighted by Gasteiger charge is 2.31. The molecule has 3 aromatic rings. The van der Waals surface area contributed by atoms with Gasteiger partial charge in [-0.25, -0.2) is 14.2 Å². The molecule has 0 aliphatic carbocycles. The van der Waals surface area contributed by atoms with Crippen LogP contribution in [0.5, 0.6) is 0 Å². The summed E-state index contributed by atoms with van der Waals surface area (Å²) in [7, 11) is 0. The Kier molecular flexibility index (Phi) is 6.17. The van der Waals surface area contributed by atoms with Crippen LogP contribution in [0.3, 0.4) is 0 Å². The third-order valence-corrected chi connectivity index (χ3v) is 5.79. The summed E-state index contributed by atoms with van der Waals surface area (Å²) in [5.41, 5.74) is 7.47. The van der Waals surface area contributed by atoms with Gasteiger partial charge < -0.3 is 20.7 Å². The van der Waals surface area contributed by atoms with Crippen molar-refractivity contribution in [2.24, 2.45) is 0 Å². The van der Waals surface area contributed by atoms with Gasteiger partial charge in [0.15, 0.2) is 0 Å². The number of fused-ring (bicyclic) bond motifs is 1. The van der Waals surface area contributed by atoms with E-state index in [1.54, 1.807) is 29.3 Å². The number of carbonyl (C=O) groups is 2. The Bertz CT molecular complexity index is 1250. The first-order chi connectivity index (χ1) is 16.0. The van der Waals surface area contributed by atoms with Crippen molar-refractivity contribution in [1.82, 2.24) is 15.2 Å². The summed E-state index contributed by atoms with van der Waals surface area (Å²) >= 11 is 0. The number of aryl methyl sites for hydroxylation is 1. The van der Waals surface area contributed by atoms with Crippen molar-refractivity contribution >= 4 is 28.6 Å². The largest absolute Gasteiger partial charge is 0.444 e. The molecule has 2 amide bonds. The van der Waals surface area contributed by atoms with E-state index < -0.39 is 11.7 Å². The summed E-state index contributed by atoms with van der Waals surface area (Å²) < 4.78 is 20.1. The van der Waals surface area contributed by atoms with Crippen molar-refractivity contribution in [3.8, 4) is 11.1 Å². The zero-order valence-electron chi connectivity index (χ0n) is 19.8. The van der Waals surface area contributed by atoms with Crippen molar-refractivity contribution < 1.29 is 18.7 Å². The number of ether oxygens (including phenoxy) is 1. The molecular formula is C26H29FN4O3. The second-order valence-electron chi connectivity index (χ2n) is 9.67. The van der Waals surface area contributed by atoms with Crippen LogP contribution in [0.1, 0.15) is 43.1 Å². The van der Waals surface area contributed by atoms with Crippen LogP contribution < -0.4 is 11.1 Å². The topological polar surface area (TPSA) is 97.5 Å². The predicted molar refractivity (Wildman–Crippen MR) is 130 cm³/mol. The second-order valence-corrected chi connectivity index (χ2v) is 9.67. The molecule has 2 aromatic carbocycles. The van der Waals surface area contributed by atoms with Crippen molar-refractivity contribution in [3.63, 3.8) is 0 Å². The molecule has 1 unspecified atom stereocenters. The van der Waals surface area contributed by atoms with Gasteiger partial charge in [-0.3, -0.25) is 4.79 Å². The minimum Gasteiger partial charge on any atom is -0.444 e. The Hall–Kier alpha value is -3.68. The molecule has 178 valence electrons. The molecule has 0 spiro atoms. The van der Waals surface area contributed by atoms with Crippen LogP contribution in [0.2, 0.25) is 0 Å². The van der Waals surface area contributed by atoms with Crippen molar-refractivity contribution in [1.29, 1.82) is 0 Å². The minimum atomic E-state index is -0.587. The number of hydrogen-bond acceptors (Lipinski definition) is 5. The number of nitrogens with zero attached hydrogens (tertiary/aromatic N) is 2. The number of halogens is 1. The Balaban J connectivity index is 1.64. The predicted octanol–water partition coefficient (Wildman–Crippen LogP) is 4.67. The maximum atomic E-state index is 14.7. The molecule has 1 fully saturated rings. The van der Waals surface area contributed by atoms with Gasteiger partial charge in [-0.05, 0) is 74.9 Å². The number of carbonyl (C=O) groups excluding carboxylic acids is 2. The number of nitrogen functional groups attached to an aromatic ring is 1. The van der Waals surface area contributed by atoms with Gasteiger partial charge in [0, 0.05) is 41.8 Å². The highest BCUT2D eigenvalue weighted by atomic mass is 19.1. The summed E-state index contributed by atoms with van der Waals surface area (Å²) in [6, 6.07) is 9.79. The van der Waals surface area contributed by atoms with E-state index in [0.717, 1.165) is 5.56 Å². The standard InChI is InChI=1S/C26H29FN4O3/c1-15-6-5-7-21(27)23(15)16-10-17-13-29-22(28)12-19(17)20(11-16)24(32)30-18-8-9-31(14-18)25(33)34-26(2,3)4/h5-7,10-13,18H,8-9,14H2,1-4H3,(H2,28,29)(H,30,32). The average molecular weight is 465 g/mol. The average Bonchev–Trinajstić information content (AvgIpc) is 3.20. The van der Waals surface area contributed by atoms with E-state index in [2.05, 4.69) is 10.3 Å². The summed E-state index contributed by atoms with van der Waals surface area (Å²) in [5, 5.41) is 4.33. The SMILES string of the molecule is Cc1cccc(F)c1-c1cc(C(=O)NC2CCN(C(=O)OC(C)(C)C)C2)c2cc(N)ncc2c1. The number of rotatable bonds is 3. The van der Waals surface area contributed by atoms with Crippen molar-refractivity contribution in [3.05, 3.63) is 59.5 Å². The van der Waals surface area contributed by atoms with E-state index in [9.17, 15) is 14.0 Å². The highest BCUT2D eigenvalue weighted by molar-refractivity contribution is 6.09. The zero-order chi connectivity index (χ0) is 24.6. The molecule has 1 aliphatic rings. The molecule has 0 radical (unpaired) electrons. The summed E-state index contributed by atoms with van der Waals surface area (Å²) in [5.74, 6) is -0.395. The van der Waals surface area contributed by atoms with Gasteiger partial charge in [-0.15, -0.1) is 0 Å². The smallest absolute Gasteiger partial charge is 0.410 e. The molecule has 0 saturated carbocycles. The number of hydrogen-bond donors (Lipinski definition) is 2. The quantitative estimate of drug-likeness (QED) is 0.587. The van der Waals surface area contributed by atoms with Crippen LogP contribution in [0.25, 0.3) is 21.9 Å². The van der Waals surface area contributed by atoms with Gasteiger partial charge in [-0.1, -0.05) is 12.1 Å². The molecule has 3 N–H and O–H groups in total. The second kappa shape index (κ2) is 8.93. The molecule has 1 aromatic heterocycles. The Labute approximate surface area is 198 Å². The molecule has 1 saturated heterocycles. The van der Waals surface area contributed by atoms with Gasteiger partial charge in [0.05, 0.1) is 0 Å². The number of nitrogens with two attached hydrogens (primary N) is 1. The summed E-state index contributed by atoms with van der Waals surface area (Å²) in [4.78, 5) is 31.5. The fourth-order valence-electron chi connectivity index (χ4n) is 4.24. The molecule has 0 bridgehead atoms. The monoisotopic (exact) mass is 464 g/mol. The van der Waals surface area contributed by atoms with Crippen LogP contribution in [0, 0.1) is 12.7 Å². The van der Waals surface area contributed by atoms with E-state index in [1.807, 2.05) is 39.8 Å². The highest BCUT2D eigenvalue weighted by Crippen LogP contribution is 2.32. The third-order valence-electron chi connectivity index (χ3n) is 5.79. The van der Waals surface area contributed by atoms with E-state index in [-0.39, 0.29) is 23.6 Å². The normalized spacial score (nSPS) is 16.0. The number of amides is 2. The molecule has 4 rings (SSSR count). The first-order valence-corrected chi connectivity index (χ1v) is 11.3. The lowest BCUT2D eigenvalue weighted by Crippen LogP contribution is -2.40. The lowest BCUT2D eigenvalue weighted by atomic mass is 9.94. The van der Waals surface area contributed by atoms with Crippen LogP contribution >= 0.6 is 0 Å². The molecule has 7 nitrogen and oxygen atoms in total. The molecule has 1 aliphatic heterocycles. The molecular weight excluding hydrogens is 435 g/mol. The molecule has 1 atom stereocenters. The van der Waals surface area contributed by atoms with Gasteiger partial charge >= 0.3 is 6.09 Å². The van der Waals surface area contributed by atoms with Crippen LogP contribution in [-0.4, -0.2) is 46.6 Å². The fourth-order valence-corrected chi connectivity index (χ4v) is 4.24. The van der Waals surface area contributed by atoms with E-state index >= 15 is 0 Å². The van der Waals surface area contributed by atoms with E-state index in [0.29, 0.717) is 47.0 Å². The number of benzene rings is 2. The van der Waals surface area contributed by atoms with Gasteiger partial charge in [0.25, 0.3) is 5.91 Å². The Morgan fingerprint density at radius 3 is 2.71 bits per heavy atom. The Morgan fingerprint density at radius 1 is 1.24 bits per heavy atom. The lowest BCUT2D eigenvalue weighted by molar-refractivity contribution is 0.0290. The van der Waals surface area contributed by atoms with Gasteiger partial charge in [0.2, 0.25) is 0 Å². The maximum Gasteiger partial charge on any atom is 0.410 e. The van der Waals surface area contributed by atoms with Crippen LogP contribution in [0.4, 0.5) is 15.0 Å². The summed E-state index contributed by atoms with van der Waals surface area (Å²) in [6.45, 7) is 8.12. The first-order valence-electron chi connectivity index (χ1n) is 11.3. The minimum absolute atomic E-state index is 0.229. The zero-order valence-corrected chi connectivity index (χ0v) is 19.8. The molecule has 2 heterocycles. The van der Waals surface area contributed by atoms with E-state index in [4.69, 9.17) is 10.5 Å². The van der Waals surface area contributed by atoms with Crippen molar-refractivity contribution in [2.75, 3.05) is 18.8 Å². The maximum absolute atomic E-state index is 14.7. The number of anilines is 1. The summed E-state index contributed by atoms with van der Waals surface area (Å²) in [6.07, 6.45) is 1.80. The first kappa shape index (κ1) is 23.5. The van der Waals surface area contributed by atoms with Crippen LogP contribution in [-0.2, 0) is 4.74 Å². The lowest BCUT2D eigenvalue weighted by Gasteiger charge is -2.24. The van der Waals surface area contributed by atoms with Crippen molar-refractivity contribution in [2.45, 2.75) is 45.8 Å². The Morgan fingerprint density at radius 2 is 2.00 bits per heavy atom. The van der Waals surface area contributed by atoms with E-state index in [1.165, 1.54) is 6.07 Å². The number of aromatic nitrogens is 1. The van der Waals surface area contributed by atoms with Gasteiger partial charge in [-0.2, -0.15) is 0 Å². The van der Waals surface area contributed by atoms with Gasteiger partial charge in [0.1, 0.15) is 17.2 Å². The molecule has 34 heavy (non-hydrogen) atoms. The number of likely N-dealkylation sites (tertiary alicyclic amines) is 1. The fraction of sp³-hybridized carbons (Fsp3) is 0.346. The molecule has 8 heteroatoms. The number of pyridine rings is 1. The van der Waals surface area contributed by atoms with Crippen LogP contribution in [0.15, 0.2) is 42.6 Å². The number of nitrogens with one attached hydrogen (secondary N) is 1.